The van der Waals surface area contributed by atoms with Crippen LogP contribution in [0.3, 0.4) is 0 Å². The second-order valence-corrected chi connectivity index (χ2v) is 9.68. The fourth-order valence-electron chi connectivity index (χ4n) is 3.71. The van der Waals surface area contributed by atoms with Gasteiger partial charge >= 0.3 is 6.03 Å². The zero-order chi connectivity index (χ0) is 22.5. The molecule has 30 heavy (non-hydrogen) atoms. The Hall–Kier alpha value is -2.08. The molecular weight excluding hydrogens is 380 g/mol. The van der Waals surface area contributed by atoms with E-state index in [1.807, 2.05) is 19.1 Å². The number of ether oxygens (including phenoxy) is 1. The lowest BCUT2D eigenvalue weighted by atomic mass is 9.86. The Balaban J connectivity index is 1.91. The van der Waals surface area contributed by atoms with Crippen LogP contribution in [0.15, 0.2) is 18.2 Å². The number of benzene rings is 1. The Morgan fingerprint density at radius 1 is 1.20 bits per heavy atom. The predicted octanol–water partition coefficient (Wildman–Crippen LogP) is 4.31. The van der Waals surface area contributed by atoms with Crippen LogP contribution in [0, 0.1) is 6.92 Å². The van der Waals surface area contributed by atoms with E-state index in [4.69, 9.17) is 4.74 Å². The van der Waals surface area contributed by atoms with Gasteiger partial charge in [-0.05, 0) is 42.9 Å². The third kappa shape index (κ3) is 5.97. The summed E-state index contributed by atoms with van der Waals surface area (Å²) < 4.78 is 5.77. The number of rotatable bonds is 10. The van der Waals surface area contributed by atoms with Gasteiger partial charge in [0, 0.05) is 0 Å². The van der Waals surface area contributed by atoms with E-state index in [0.717, 1.165) is 36.1 Å². The number of hydrogen-bond donors (Lipinski definition) is 2. The molecule has 1 aromatic rings. The highest BCUT2D eigenvalue weighted by molar-refractivity contribution is 6.06. The van der Waals surface area contributed by atoms with Crippen molar-refractivity contribution in [1.82, 2.24) is 10.2 Å². The second-order valence-electron chi connectivity index (χ2n) is 9.68. The molecule has 2 rings (SSSR count). The van der Waals surface area contributed by atoms with E-state index < -0.39 is 17.7 Å². The van der Waals surface area contributed by atoms with Gasteiger partial charge in [-0.3, -0.25) is 9.69 Å². The number of nitrogens with zero attached hydrogens (tertiary/aromatic N) is 1. The third-order valence-electron chi connectivity index (χ3n) is 5.74. The Kier molecular flexibility index (Phi) is 7.92. The normalized spacial score (nSPS) is 20.4. The molecule has 1 heterocycles. The van der Waals surface area contributed by atoms with E-state index in [0.29, 0.717) is 12.2 Å². The minimum Gasteiger partial charge on any atom is -0.491 e. The van der Waals surface area contributed by atoms with Crippen LogP contribution in [0.1, 0.15) is 77.8 Å². The average molecular weight is 419 g/mol. The number of unbranched alkanes of at least 4 members (excludes halogenated alkanes) is 3. The molecular formula is C24H38N2O4. The number of aryl methyl sites for hydroxylation is 1. The van der Waals surface area contributed by atoms with Gasteiger partial charge in [0.25, 0.3) is 5.91 Å². The van der Waals surface area contributed by atoms with Crippen molar-refractivity contribution in [2.75, 3.05) is 13.2 Å². The van der Waals surface area contributed by atoms with Gasteiger partial charge in [-0.15, -0.1) is 0 Å². The predicted molar refractivity (Wildman–Crippen MR) is 119 cm³/mol. The fourth-order valence-corrected chi connectivity index (χ4v) is 3.71. The van der Waals surface area contributed by atoms with Gasteiger partial charge in [0.1, 0.15) is 24.0 Å². The van der Waals surface area contributed by atoms with Gasteiger partial charge < -0.3 is 15.2 Å². The molecule has 2 atom stereocenters. The van der Waals surface area contributed by atoms with Crippen molar-refractivity contribution < 1.29 is 19.4 Å². The van der Waals surface area contributed by atoms with Gasteiger partial charge in [0.05, 0.1) is 6.54 Å². The van der Waals surface area contributed by atoms with Gasteiger partial charge in [0.15, 0.2) is 0 Å². The van der Waals surface area contributed by atoms with Crippen LogP contribution >= 0.6 is 0 Å². The fraction of sp³-hybridized carbons (Fsp3) is 0.667. The number of β-amino-alcohol motifs (C(OH)–C–C–N with tert-alkyl or cyclic N) is 1. The Morgan fingerprint density at radius 3 is 2.50 bits per heavy atom. The molecule has 0 radical (unpaired) electrons. The molecule has 0 bridgehead atoms. The monoisotopic (exact) mass is 418 g/mol. The van der Waals surface area contributed by atoms with Crippen molar-refractivity contribution in [2.24, 2.45) is 0 Å². The van der Waals surface area contributed by atoms with E-state index in [2.05, 4.69) is 39.1 Å². The van der Waals surface area contributed by atoms with E-state index in [-0.39, 0.29) is 24.5 Å². The summed E-state index contributed by atoms with van der Waals surface area (Å²) in [4.78, 5) is 26.2. The highest BCUT2D eigenvalue weighted by Gasteiger charge is 2.47. The third-order valence-corrected chi connectivity index (χ3v) is 5.74. The minimum absolute atomic E-state index is 0.0139. The molecule has 3 amide bonds. The number of urea groups is 1. The van der Waals surface area contributed by atoms with Crippen molar-refractivity contribution in [3.8, 4) is 5.75 Å². The van der Waals surface area contributed by atoms with E-state index in [9.17, 15) is 14.7 Å². The van der Waals surface area contributed by atoms with Crippen LogP contribution in [-0.2, 0) is 10.2 Å². The molecule has 1 fully saturated rings. The second kappa shape index (κ2) is 9.82. The zero-order valence-electron chi connectivity index (χ0n) is 19.4. The van der Waals surface area contributed by atoms with Gasteiger partial charge in [0.2, 0.25) is 0 Å². The van der Waals surface area contributed by atoms with Gasteiger partial charge in [-0.1, -0.05) is 65.5 Å². The topological polar surface area (TPSA) is 78.9 Å². The first-order valence-corrected chi connectivity index (χ1v) is 11.0. The minimum atomic E-state index is -0.955. The molecule has 0 spiro atoms. The van der Waals surface area contributed by atoms with Crippen molar-refractivity contribution in [2.45, 2.75) is 90.7 Å². The van der Waals surface area contributed by atoms with Crippen LogP contribution in [0.25, 0.3) is 0 Å². The number of carbonyl (C=O) groups is 2. The first kappa shape index (κ1) is 24.2. The highest BCUT2D eigenvalue weighted by Crippen LogP contribution is 2.28. The lowest BCUT2D eigenvalue weighted by Gasteiger charge is -2.23. The van der Waals surface area contributed by atoms with Crippen LogP contribution in [0.4, 0.5) is 4.79 Å². The number of aliphatic hydroxyl groups excluding tert-OH is 1. The average Bonchev–Trinajstić information content (AvgIpc) is 2.87. The largest absolute Gasteiger partial charge is 0.491 e. The number of imide groups is 1. The summed E-state index contributed by atoms with van der Waals surface area (Å²) in [5.74, 6) is 0.425. The van der Waals surface area contributed by atoms with Crippen molar-refractivity contribution in [1.29, 1.82) is 0 Å². The first-order chi connectivity index (χ1) is 14.0. The van der Waals surface area contributed by atoms with Crippen molar-refractivity contribution >= 4 is 11.9 Å². The SMILES string of the molecule is CCCCCCC1(C)NC(=O)N(CC(O)COc2ccc(C(C)(C)C)cc2C)C1=O. The summed E-state index contributed by atoms with van der Waals surface area (Å²) in [6.45, 7) is 12.3. The van der Waals surface area contributed by atoms with Crippen molar-refractivity contribution in [3.63, 3.8) is 0 Å². The molecule has 1 aliphatic heterocycles. The van der Waals surface area contributed by atoms with Crippen LogP contribution in [0.5, 0.6) is 5.75 Å². The molecule has 6 heteroatoms. The number of nitrogens with one attached hydrogen (secondary N) is 1. The molecule has 2 N–H and O–H groups in total. The quantitative estimate of drug-likeness (QED) is 0.438. The van der Waals surface area contributed by atoms with Crippen LogP contribution in [0.2, 0.25) is 0 Å². The van der Waals surface area contributed by atoms with E-state index >= 15 is 0 Å². The standard InChI is InChI=1S/C24H38N2O4/c1-7-8-9-10-13-24(6)21(28)26(22(29)25-24)15-19(27)16-30-20-12-11-18(14-17(20)2)23(3,4)5/h11-12,14,19,27H,7-10,13,15-16H2,1-6H3,(H,25,29). The Bertz CT molecular complexity index is 756. The molecule has 1 saturated heterocycles. The summed E-state index contributed by atoms with van der Waals surface area (Å²) in [7, 11) is 0. The molecule has 1 aromatic carbocycles. The lowest BCUT2D eigenvalue weighted by molar-refractivity contribution is -0.132. The summed E-state index contributed by atoms with van der Waals surface area (Å²) in [5, 5.41) is 13.2. The summed E-state index contributed by atoms with van der Waals surface area (Å²) in [5.41, 5.74) is 1.37. The lowest BCUT2D eigenvalue weighted by Crippen LogP contribution is -2.45. The maximum Gasteiger partial charge on any atom is 0.325 e. The number of amides is 3. The number of carbonyl (C=O) groups excluding carboxylic acids is 2. The smallest absolute Gasteiger partial charge is 0.325 e. The van der Waals surface area contributed by atoms with Gasteiger partial charge in [-0.2, -0.15) is 0 Å². The van der Waals surface area contributed by atoms with Gasteiger partial charge in [-0.25, -0.2) is 4.79 Å². The molecule has 2 unspecified atom stereocenters. The molecule has 1 aliphatic rings. The zero-order valence-corrected chi connectivity index (χ0v) is 19.4. The number of aliphatic hydroxyl groups is 1. The van der Waals surface area contributed by atoms with E-state index in [1.165, 1.54) is 5.56 Å². The van der Waals surface area contributed by atoms with Crippen LogP contribution < -0.4 is 10.1 Å². The molecule has 168 valence electrons. The molecule has 0 aromatic heterocycles. The Labute approximate surface area is 181 Å². The maximum absolute atomic E-state index is 12.8. The van der Waals surface area contributed by atoms with E-state index in [1.54, 1.807) is 6.92 Å². The summed E-state index contributed by atoms with van der Waals surface area (Å²) >= 11 is 0. The van der Waals surface area contributed by atoms with Crippen molar-refractivity contribution in [3.05, 3.63) is 29.3 Å². The summed E-state index contributed by atoms with van der Waals surface area (Å²) in [6.07, 6.45) is 3.82. The number of hydrogen-bond acceptors (Lipinski definition) is 4. The van der Waals surface area contributed by atoms with Crippen LogP contribution in [-0.4, -0.2) is 46.7 Å². The maximum atomic E-state index is 12.8. The molecule has 6 nitrogen and oxygen atoms in total. The molecule has 0 aliphatic carbocycles. The summed E-state index contributed by atoms with van der Waals surface area (Å²) in [6, 6.07) is 5.57. The molecule has 0 saturated carbocycles. The first-order valence-electron chi connectivity index (χ1n) is 11.0. The highest BCUT2D eigenvalue weighted by atomic mass is 16.5. The Morgan fingerprint density at radius 2 is 1.90 bits per heavy atom.